The Labute approximate surface area is 167 Å². The third-order valence-electron chi connectivity index (χ3n) is 4.56. The van der Waals surface area contributed by atoms with Gasteiger partial charge in [-0.2, -0.15) is 5.54 Å². The molecule has 0 saturated carbocycles. The summed E-state index contributed by atoms with van der Waals surface area (Å²) in [6.45, 7) is 10.0. The van der Waals surface area contributed by atoms with E-state index in [1.807, 2.05) is 13.8 Å². The zero-order valence-corrected chi connectivity index (χ0v) is 19.3. The Morgan fingerprint density at radius 1 is 1.04 bits per heavy atom. The Balaban J connectivity index is 5.27. The molecule has 0 spiro atoms. The molecule has 4 unspecified atom stereocenters. The van der Waals surface area contributed by atoms with Gasteiger partial charge in [-0.25, -0.2) is 9.13 Å². The van der Waals surface area contributed by atoms with Crippen LogP contribution in [0.3, 0.4) is 0 Å². The first-order valence-electron chi connectivity index (χ1n) is 9.33. The van der Waals surface area contributed by atoms with Crippen molar-refractivity contribution >= 4 is 15.6 Å². The summed E-state index contributed by atoms with van der Waals surface area (Å²) < 4.78 is 51.5. The smallest absolute Gasteiger partial charge is 0.303 e. The van der Waals surface area contributed by atoms with E-state index in [9.17, 15) is 18.5 Å². The first kappa shape index (κ1) is 28.1. The average molecular weight is 451 g/mol. The minimum absolute atomic E-state index is 0.0631. The summed E-state index contributed by atoms with van der Waals surface area (Å²) in [5.74, 6) is -0.483. The zero-order chi connectivity index (χ0) is 22.2. The van der Waals surface area contributed by atoms with E-state index in [4.69, 9.17) is 18.8 Å². The molecular weight excluding hydrogens is 415 g/mol. The molecule has 170 valence electrons. The second kappa shape index (κ2) is 11.5. The fourth-order valence-electron chi connectivity index (χ4n) is 2.65. The van der Waals surface area contributed by atoms with E-state index in [1.165, 1.54) is 0 Å². The number of rotatable bonds is 15. The molecule has 0 aliphatic rings. The number of hydrogen-bond donors (Lipinski definition) is 4. The molecular formula is C16H36FNO8P2. The molecule has 0 heterocycles. The molecule has 0 radical (unpaired) electrons. The predicted molar refractivity (Wildman–Crippen MR) is 104 cm³/mol. The van der Waals surface area contributed by atoms with Crippen LogP contribution in [0.15, 0.2) is 0 Å². The molecule has 4 atom stereocenters. The summed E-state index contributed by atoms with van der Waals surface area (Å²) in [5, 5.41) is 0. The van der Waals surface area contributed by atoms with Crippen LogP contribution < -0.4 is 5.54 Å². The molecule has 0 aromatic carbocycles. The first-order valence-corrected chi connectivity index (χ1v) is 12.4. The summed E-state index contributed by atoms with van der Waals surface area (Å²) in [7, 11) is -9.07. The lowest BCUT2D eigenvalue weighted by Crippen LogP contribution is -2.39. The number of hydrogen-bond acceptors (Lipinski definition) is 6. The minimum atomic E-state index is -4.72. The van der Waals surface area contributed by atoms with Crippen LogP contribution in [0.25, 0.3) is 0 Å². The molecule has 28 heavy (non-hydrogen) atoms. The lowest BCUT2D eigenvalue weighted by Gasteiger charge is -2.36. The average Bonchev–Trinajstić information content (AvgIpc) is 2.56. The lowest BCUT2D eigenvalue weighted by atomic mass is 9.83. The summed E-state index contributed by atoms with van der Waals surface area (Å²) in [4.78, 5) is 28.0. The van der Waals surface area contributed by atoms with Crippen molar-refractivity contribution < 1.29 is 41.9 Å². The summed E-state index contributed by atoms with van der Waals surface area (Å²) in [6.07, 6.45) is 1.34. The highest BCUT2D eigenvalue weighted by Gasteiger charge is 2.38. The highest BCUT2D eigenvalue weighted by atomic mass is 31.2. The van der Waals surface area contributed by atoms with Gasteiger partial charge >= 0.3 is 15.6 Å². The van der Waals surface area contributed by atoms with Crippen molar-refractivity contribution in [1.29, 1.82) is 0 Å². The first-order chi connectivity index (χ1) is 12.6. The third kappa shape index (κ3) is 12.6. The van der Waals surface area contributed by atoms with Crippen molar-refractivity contribution in [1.82, 2.24) is 5.54 Å². The van der Waals surface area contributed by atoms with Gasteiger partial charge in [-0.05, 0) is 51.9 Å². The fraction of sp³-hybridized carbons (Fsp3) is 1.00. The van der Waals surface area contributed by atoms with Crippen molar-refractivity contribution in [3.8, 4) is 0 Å². The molecule has 0 rings (SSSR count). The maximum Gasteiger partial charge on any atom is 0.472 e. The minimum Gasteiger partial charge on any atom is -0.303 e. The van der Waals surface area contributed by atoms with E-state index in [1.54, 1.807) is 33.2 Å². The Morgan fingerprint density at radius 2 is 1.61 bits per heavy atom. The van der Waals surface area contributed by atoms with Gasteiger partial charge < -0.3 is 14.7 Å². The van der Waals surface area contributed by atoms with Gasteiger partial charge in [-0.3, -0.25) is 13.6 Å². The molecule has 12 heteroatoms. The fourth-order valence-corrected chi connectivity index (χ4v) is 4.31. The van der Waals surface area contributed by atoms with Crippen LogP contribution in [0.2, 0.25) is 0 Å². The standard InChI is InChI=1S/C16H36FNO8P2/c1-7-13(3)11-25-28(22,23)26-16(6,8-2)10-14(9-15(4,5)18-17)12-24-27(19,20)21/h13-14,18H,7-12H2,1-6H3,(H,22,23)(H2,19,20,21). The third-order valence-corrected chi connectivity index (χ3v) is 6.19. The van der Waals surface area contributed by atoms with Crippen LogP contribution in [-0.4, -0.2) is 39.0 Å². The lowest BCUT2D eigenvalue weighted by molar-refractivity contribution is -0.00295. The maximum atomic E-state index is 13.0. The van der Waals surface area contributed by atoms with Crippen molar-refractivity contribution in [2.24, 2.45) is 11.8 Å². The van der Waals surface area contributed by atoms with Gasteiger partial charge in [0.2, 0.25) is 0 Å². The second-order valence-electron chi connectivity index (χ2n) is 8.21. The molecule has 0 bridgehead atoms. The van der Waals surface area contributed by atoms with Crippen LogP contribution in [0, 0.1) is 11.8 Å². The van der Waals surface area contributed by atoms with E-state index in [0.29, 0.717) is 6.42 Å². The number of phosphoric acid groups is 2. The Kier molecular flexibility index (Phi) is 11.5. The largest absolute Gasteiger partial charge is 0.472 e. The van der Waals surface area contributed by atoms with E-state index in [2.05, 4.69) is 4.52 Å². The molecule has 0 aromatic heterocycles. The monoisotopic (exact) mass is 451 g/mol. The molecule has 4 N–H and O–H groups in total. The molecule has 0 fully saturated rings. The van der Waals surface area contributed by atoms with Gasteiger partial charge in [0.1, 0.15) is 0 Å². The van der Waals surface area contributed by atoms with Crippen molar-refractivity contribution in [2.45, 2.75) is 78.4 Å². The summed E-state index contributed by atoms with van der Waals surface area (Å²) in [6, 6.07) is 0. The molecule has 0 saturated heterocycles. The highest BCUT2D eigenvalue weighted by Crippen LogP contribution is 2.50. The number of nitrogens with one attached hydrogen (secondary N) is 1. The van der Waals surface area contributed by atoms with Gasteiger partial charge in [-0.1, -0.05) is 27.2 Å². The van der Waals surface area contributed by atoms with E-state index < -0.39 is 32.7 Å². The normalized spacial score (nSPS) is 19.6. The highest BCUT2D eigenvalue weighted by molar-refractivity contribution is 7.47. The van der Waals surface area contributed by atoms with Crippen molar-refractivity contribution in [2.75, 3.05) is 13.2 Å². The van der Waals surface area contributed by atoms with Crippen molar-refractivity contribution in [3.05, 3.63) is 0 Å². The Hall–Kier alpha value is 0.110. The Bertz CT molecular complexity index is 559. The van der Waals surface area contributed by atoms with Gasteiger partial charge in [-0.15, -0.1) is 4.48 Å². The maximum absolute atomic E-state index is 13.0. The van der Waals surface area contributed by atoms with E-state index in [0.717, 1.165) is 6.42 Å². The molecule has 0 aliphatic heterocycles. The summed E-state index contributed by atoms with van der Waals surface area (Å²) in [5.41, 5.74) is -0.495. The molecule has 0 amide bonds. The quantitative estimate of drug-likeness (QED) is 0.214. The van der Waals surface area contributed by atoms with E-state index >= 15 is 0 Å². The number of phosphoric ester groups is 2. The number of halogens is 1. The second-order valence-corrected chi connectivity index (χ2v) is 10.8. The van der Waals surface area contributed by atoms with Gasteiger partial charge in [0, 0.05) is 5.54 Å². The molecule has 0 aromatic rings. The van der Waals surface area contributed by atoms with E-state index in [-0.39, 0.29) is 32.0 Å². The molecule has 0 aliphatic carbocycles. The van der Waals surface area contributed by atoms with Crippen LogP contribution >= 0.6 is 15.6 Å². The Morgan fingerprint density at radius 3 is 2.04 bits per heavy atom. The van der Waals surface area contributed by atoms with Crippen LogP contribution in [0.1, 0.15) is 67.2 Å². The van der Waals surface area contributed by atoms with Crippen LogP contribution in [0.4, 0.5) is 4.48 Å². The van der Waals surface area contributed by atoms with Crippen molar-refractivity contribution in [3.63, 3.8) is 0 Å². The SMILES string of the molecule is CCC(C)COP(=O)(O)OC(C)(CC)CC(COP(=O)(O)O)CC(C)(C)NF. The molecule has 9 nitrogen and oxygen atoms in total. The van der Waals surface area contributed by atoms with Gasteiger partial charge in [0.15, 0.2) is 0 Å². The van der Waals surface area contributed by atoms with Gasteiger partial charge in [0.05, 0.1) is 18.8 Å². The predicted octanol–water partition coefficient (Wildman–Crippen LogP) is 4.09. The van der Waals surface area contributed by atoms with Crippen LogP contribution in [-0.2, 0) is 22.7 Å². The summed E-state index contributed by atoms with van der Waals surface area (Å²) >= 11 is 0. The topological polar surface area (TPSA) is 135 Å². The zero-order valence-electron chi connectivity index (χ0n) is 17.6. The van der Waals surface area contributed by atoms with Gasteiger partial charge in [0.25, 0.3) is 0 Å². The van der Waals surface area contributed by atoms with Crippen LogP contribution in [0.5, 0.6) is 0 Å².